The Bertz CT molecular complexity index is 937. The van der Waals surface area contributed by atoms with Crippen LogP contribution in [0.3, 0.4) is 0 Å². The number of allylic oxidation sites excluding steroid dienone is 1. The van der Waals surface area contributed by atoms with Crippen LogP contribution in [0.1, 0.15) is 84.6 Å². The summed E-state index contributed by atoms with van der Waals surface area (Å²) in [5.74, 6) is 0.136. The maximum Gasteiger partial charge on any atom is 0.410 e. The van der Waals surface area contributed by atoms with Crippen molar-refractivity contribution in [1.82, 2.24) is 9.80 Å². The van der Waals surface area contributed by atoms with E-state index in [1.165, 1.54) is 5.56 Å². The molecule has 6 heteroatoms. The summed E-state index contributed by atoms with van der Waals surface area (Å²) < 4.78 is 5.61. The van der Waals surface area contributed by atoms with Crippen molar-refractivity contribution >= 4 is 17.7 Å². The van der Waals surface area contributed by atoms with E-state index in [0.29, 0.717) is 12.6 Å². The number of nitrogens with zero attached hydrogens (tertiary/aromatic N) is 3. The lowest BCUT2D eigenvalue weighted by atomic mass is 9.74. The van der Waals surface area contributed by atoms with Crippen molar-refractivity contribution in [3.8, 4) is 0 Å². The van der Waals surface area contributed by atoms with E-state index >= 15 is 0 Å². The van der Waals surface area contributed by atoms with Crippen molar-refractivity contribution in [3.63, 3.8) is 0 Å². The summed E-state index contributed by atoms with van der Waals surface area (Å²) in [5.41, 5.74) is 2.52. The van der Waals surface area contributed by atoms with Gasteiger partial charge in [-0.3, -0.25) is 4.79 Å². The third kappa shape index (κ3) is 5.49. The Morgan fingerprint density at radius 3 is 2.58 bits per heavy atom. The van der Waals surface area contributed by atoms with E-state index in [-0.39, 0.29) is 29.5 Å². The van der Waals surface area contributed by atoms with Gasteiger partial charge < -0.3 is 19.4 Å². The number of carbonyl (C=O) groups excluding carboxylic acids is 2. The molecule has 3 atom stereocenters. The van der Waals surface area contributed by atoms with Gasteiger partial charge in [0.15, 0.2) is 0 Å². The van der Waals surface area contributed by atoms with Gasteiger partial charge in [-0.2, -0.15) is 0 Å². The van der Waals surface area contributed by atoms with Gasteiger partial charge in [0.2, 0.25) is 5.91 Å². The zero-order valence-corrected chi connectivity index (χ0v) is 22.7. The van der Waals surface area contributed by atoms with Gasteiger partial charge in [0.25, 0.3) is 0 Å². The summed E-state index contributed by atoms with van der Waals surface area (Å²) in [6, 6.07) is 9.41. The van der Waals surface area contributed by atoms with Gasteiger partial charge >= 0.3 is 6.09 Å². The van der Waals surface area contributed by atoms with Crippen LogP contribution < -0.4 is 4.90 Å². The molecule has 36 heavy (non-hydrogen) atoms. The van der Waals surface area contributed by atoms with E-state index in [1.807, 2.05) is 21.9 Å². The third-order valence-electron chi connectivity index (χ3n) is 8.82. The van der Waals surface area contributed by atoms with Crippen LogP contribution in [-0.4, -0.2) is 66.2 Å². The molecule has 1 aromatic rings. The molecule has 3 unspecified atom stereocenters. The number of hydrogen-bond acceptors (Lipinski definition) is 4. The number of para-hydroxylation sites is 1. The van der Waals surface area contributed by atoms with Crippen LogP contribution in [0.25, 0.3) is 0 Å². The van der Waals surface area contributed by atoms with Gasteiger partial charge in [-0.05, 0) is 76.6 Å². The minimum atomic E-state index is -0.162. The molecule has 2 fully saturated rings. The highest BCUT2D eigenvalue weighted by Gasteiger charge is 2.46. The van der Waals surface area contributed by atoms with E-state index in [0.717, 1.165) is 76.7 Å². The molecule has 0 radical (unpaired) electrons. The molecule has 3 aliphatic heterocycles. The lowest BCUT2D eigenvalue weighted by Gasteiger charge is -2.44. The lowest BCUT2D eigenvalue weighted by molar-refractivity contribution is -0.116. The average molecular weight is 496 g/mol. The largest absolute Gasteiger partial charge is 0.445 e. The van der Waals surface area contributed by atoms with Crippen LogP contribution in [0, 0.1) is 0 Å². The molecule has 1 spiro atoms. The van der Waals surface area contributed by atoms with Gasteiger partial charge in [-0.15, -0.1) is 0 Å². The highest BCUT2D eigenvalue weighted by Crippen LogP contribution is 2.47. The van der Waals surface area contributed by atoms with Crippen LogP contribution in [0.15, 0.2) is 36.4 Å². The molecule has 0 N–H and O–H groups in total. The molecule has 1 aromatic carbocycles. The molecular weight excluding hydrogens is 450 g/mol. The SMILES string of the molecule is CCCC=CCOC(=O)N1C(C)CCC1CC(CC)N1CCC2(CC1)CN(C(C)=O)c1ccccc12. The van der Waals surface area contributed by atoms with Gasteiger partial charge in [0.05, 0.1) is 0 Å². The van der Waals surface area contributed by atoms with Crippen LogP contribution >= 0.6 is 0 Å². The Labute approximate surface area is 217 Å². The fourth-order valence-corrected chi connectivity index (χ4v) is 6.72. The Balaban J connectivity index is 1.37. The normalized spacial score (nSPS) is 24.4. The van der Waals surface area contributed by atoms with Gasteiger partial charge in [-0.25, -0.2) is 4.79 Å². The van der Waals surface area contributed by atoms with Crippen LogP contribution in [0.4, 0.5) is 10.5 Å². The molecule has 3 aliphatic rings. The number of anilines is 1. The van der Waals surface area contributed by atoms with E-state index in [2.05, 4.69) is 49.9 Å². The van der Waals surface area contributed by atoms with Gasteiger partial charge in [0.1, 0.15) is 6.61 Å². The lowest BCUT2D eigenvalue weighted by Crippen LogP contribution is -2.51. The number of likely N-dealkylation sites (tertiary alicyclic amines) is 2. The number of amides is 2. The first-order valence-corrected chi connectivity index (χ1v) is 14.1. The van der Waals surface area contributed by atoms with Crippen molar-refractivity contribution in [1.29, 1.82) is 0 Å². The number of unbranched alkanes of at least 4 members (excludes halogenated alkanes) is 1. The monoisotopic (exact) mass is 495 g/mol. The molecule has 3 heterocycles. The van der Waals surface area contributed by atoms with E-state index in [1.54, 1.807) is 6.92 Å². The Morgan fingerprint density at radius 1 is 1.14 bits per heavy atom. The molecule has 198 valence electrons. The van der Waals surface area contributed by atoms with Gasteiger partial charge in [-0.1, -0.05) is 50.6 Å². The first-order valence-electron chi connectivity index (χ1n) is 14.1. The summed E-state index contributed by atoms with van der Waals surface area (Å²) in [5, 5.41) is 0. The van der Waals surface area contributed by atoms with Crippen molar-refractivity contribution in [2.24, 2.45) is 0 Å². The van der Waals surface area contributed by atoms with Crippen LogP contribution in [0.5, 0.6) is 0 Å². The number of ether oxygens (including phenoxy) is 1. The summed E-state index contributed by atoms with van der Waals surface area (Å²) in [6.07, 6.45) is 12.3. The summed E-state index contributed by atoms with van der Waals surface area (Å²) in [7, 11) is 0. The minimum Gasteiger partial charge on any atom is -0.445 e. The number of fused-ring (bicyclic) bond motifs is 2. The number of hydrogen-bond donors (Lipinski definition) is 0. The second-order valence-electron chi connectivity index (χ2n) is 11.1. The number of piperidine rings is 1. The second-order valence-corrected chi connectivity index (χ2v) is 11.1. The smallest absolute Gasteiger partial charge is 0.410 e. The van der Waals surface area contributed by atoms with Crippen molar-refractivity contribution in [2.45, 2.75) is 103 Å². The first kappa shape index (κ1) is 26.7. The minimum absolute atomic E-state index is 0.0695. The molecule has 6 nitrogen and oxygen atoms in total. The molecule has 0 aliphatic carbocycles. The fraction of sp³-hybridized carbons (Fsp3) is 0.667. The van der Waals surface area contributed by atoms with Crippen molar-refractivity contribution in [3.05, 3.63) is 42.0 Å². The standard InChI is InChI=1S/C30H45N3O3/c1-5-7-8-11-20-36-29(35)33-23(3)14-15-26(33)21-25(6-2)31-18-16-30(17-19-31)22-32(24(4)34)28-13-10-9-12-27(28)30/h8-13,23,25-26H,5-7,14-22H2,1-4H3. The molecule has 0 saturated carbocycles. The topological polar surface area (TPSA) is 53.1 Å². The second kappa shape index (κ2) is 11.8. The quantitative estimate of drug-likeness (QED) is 0.421. The number of rotatable bonds is 8. The van der Waals surface area contributed by atoms with Crippen molar-refractivity contribution in [2.75, 3.05) is 31.1 Å². The Morgan fingerprint density at radius 2 is 1.89 bits per heavy atom. The van der Waals surface area contributed by atoms with Gasteiger partial charge in [0, 0.05) is 42.7 Å². The van der Waals surface area contributed by atoms with Crippen LogP contribution in [-0.2, 0) is 14.9 Å². The molecule has 4 rings (SSSR count). The molecule has 0 aromatic heterocycles. The summed E-state index contributed by atoms with van der Waals surface area (Å²) in [6.45, 7) is 11.5. The highest BCUT2D eigenvalue weighted by molar-refractivity contribution is 5.94. The number of benzene rings is 1. The molecule has 2 saturated heterocycles. The first-order chi connectivity index (χ1) is 17.4. The van der Waals surface area contributed by atoms with E-state index in [9.17, 15) is 9.59 Å². The summed E-state index contributed by atoms with van der Waals surface area (Å²) in [4.78, 5) is 31.9. The molecular formula is C30H45N3O3. The highest BCUT2D eigenvalue weighted by atomic mass is 16.6. The average Bonchev–Trinajstić information content (AvgIpc) is 3.41. The van der Waals surface area contributed by atoms with Crippen LogP contribution in [0.2, 0.25) is 0 Å². The molecule has 2 amide bonds. The maximum atomic E-state index is 12.9. The zero-order valence-electron chi connectivity index (χ0n) is 22.7. The maximum absolute atomic E-state index is 12.9. The molecule has 0 bridgehead atoms. The Kier molecular flexibility index (Phi) is 8.76. The van der Waals surface area contributed by atoms with E-state index < -0.39 is 0 Å². The fourth-order valence-electron chi connectivity index (χ4n) is 6.72. The Hall–Kier alpha value is -2.34. The van der Waals surface area contributed by atoms with Crippen molar-refractivity contribution < 1.29 is 14.3 Å². The predicted molar refractivity (Wildman–Crippen MR) is 145 cm³/mol. The summed E-state index contributed by atoms with van der Waals surface area (Å²) >= 11 is 0. The number of carbonyl (C=O) groups is 2. The zero-order chi connectivity index (χ0) is 25.7. The predicted octanol–water partition coefficient (Wildman–Crippen LogP) is 5.90. The van der Waals surface area contributed by atoms with E-state index in [4.69, 9.17) is 4.74 Å². The third-order valence-corrected chi connectivity index (χ3v) is 8.82.